The molecule has 5 rings (SSSR count). The molecule has 8 heteroatoms. The van der Waals surface area contributed by atoms with Gasteiger partial charge in [0.05, 0.1) is 25.0 Å². The van der Waals surface area contributed by atoms with Gasteiger partial charge in [-0.1, -0.05) is 0 Å². The molecule has 2 atom stereocenters. The van der Waals surface area contributed by atoms with E-state index in [9.17, 15) is 4.39 Å². The van der Waals surface area contributed by atoms with Crippen LogP contribution in [0.5, 0.6) is 5.75 Å². The molecule has 152 valence electrons. The number of halogens is 1. The Balaban J connectivity index is 1.52. The summed E-state index contributed by atoms with van der Waals surface area (Å²) in [6.45, 7) is 3.32. The highest BCUT2D eigenvalue weighted by Gasteiger charge is 2.30. The predicted molar refractivity (Wildman–Crippen MR) is 109 cm³/mol. The summed E-state index contributed by atoms with van der Waals surface area (Å²) in [5.74, 6) is 1.91. The fourth-order valence-corrected chi connectivity index (χ4v) is 3.92. The van der Waals surface area contributed by atoms with Crippen molar-refractivity contribution < 1.29 is 9.13 Å². The number of rotatable bonds is 5. The first-order valence-electron chi connectivity index (χ1n) is 10.2. The summed E-state index contributed by atoms with van der Waals surface area (Å²) >= 11 is 0. The molecule has 1 saturated heterocycles. The molecule has 2 aliphatic rings. The fraction of sp³-hybridized carbons (Fsp3) is 0.476. The number of aromatic nitrogens is 4. The number of pyridine rings is 1. The number of hydrogen-bond donors (Lipinski definition) is 2. The van der Waals surface area contributed by atoms with Crippen molar-refractivity contribution in [3.63, 3.8) is 0 Å². The van der Waals surface area contributed by atoms with Crippen molar-refractivity contribution in [2.24, 2.45) is 0 Å². The SMILES string of the molecule is COc1cc2ncc(-c3cc(C)cc(N[C@H]4CNCC[C@@H]4F)n3)n2nc1C1CC1. The van der Waals surface area contributed by atoms with E-state index in [1.165, 1.54) is 0 Å². The van der Waals surface area contributed by atoms with E-state index in [2.05, 4.69) is 15.6 Å². The Kier molecular flexibility index (Phi) is 4.58. The molecule has 7 nitrogen and oxygen atoms in total. The number of ether oxygens (including phenoxy) is 1. The second-order valence-electron chi connectivity index (χ2n) is 7.96. The molecule has 2 fully saturated rings. The summed E-state index contributed by atoms with van der Waals surface area (Å²) < 4.78 is 21.6. The molecule has 1 saturated carbocycles. The highest BCUT2D eigenvalue weighted by molar-refractivity contribution is 5.63. The van der Waals surface area contributed by atoms with Crippen molar-refractivity contribution in [2.75, 3.05) is 25.5 Å². The number of piperidine rings is 1. The van der Waals surface area contributed by atoms with Gasteiger partial charge in [0.2, 0.25) is 0 Å². The second kappa shape index (κ2) is 7.26. The van der Waals surface area contributed by atoms with Gasteiger partial charge in [-0.15, -0.1) is 0 Å². The smallest absolute Gasteiger partial charge is 0.157 e. The zero-order valence-electron chi connectivity index (χ0n) is 16.7. The minimum absolute atomic E-state index is 0.281. The normalized spacial score (nSPS) is 22.0. The fourth-order valence-electron chi connectivity index (χ4n) is 3.92. The zero-order chi connectivity index (χ0) is 20.0. The number of imidazole rings is 1. The van der Waals surface area contributed by atoms with Crippen LogP contribution in [0.25, 0.3) is 17.0 Å². The van der Waals surface area contributed by atoms with Gasteiger partial charge in [0.15, 0.2) is 5.65 Å². The molecule has 1 aliphatic heterocycles. The van der Waals surface area contributed by atoms with Crippen LogP contribution in [0.2, 0.25) is 0 Å². The first kappa shape index (κ1) is 18.3. The van der Waals surface area contributed by atoms with Gasteiger partial charge in [-0.3, -0.25) is 0 Å². The van der Waals surface area contributed by atoms with Gasteiger partial charge in [-0.05, 0) is 50.4 Å². The van der Waals surface area contributed by atoms with Crippen LogP contribution in [0.15, 0.2) is 24.4 Å². The average Bonchev–Trinajstić information content (AvgIpc) is 3.48. The summed E-state index contributed by atoms with van der Waals surface area (Å²) in [5, 5.41) is 11.3. The van der Waals surface area contributed by atoms with Crippen LogP contribution in [0.3, 0.4) is 0 Å². The van der Waals surface area contributed by atoms with E-state index in [1.54, 1.807) is 13.3 Å². The van der Waals surface area contributed by atoms with Crippen LogP contribution >= 0.6 is 0 Å². The van der Waals surface area contributed by atoms with Crippen molar-refractivity contribution in [1.82, 2.24) is 24.9 Å². The summed E-state index contributed by atoms with van der Waals surface area (Å²) in [4.78, 5) is 9.25. The van der Waals surface area contributed by atoms with Gasteiger partial charge in [0.1, 0.15) is 29.1 Å². The topological polar surface area (TPSA) is 76.4 Å². The molecule has 1 aliphatic carbocycles. The number of alkyl halides is 1. The molecular formula is C21H25FN6O. The van der Waals surface area contributed by atoms with E-state index in [-0.39, 0.29) is 6.04 Å². The quantitative estimate of drug-likeness (QED) is 0.690. The van der Waals surface area contributed by atoms with Crippen LogP contribution in [0.4, 0.5) is 10.2 Å². The Labute approximate surface area is 168 Å². The highest BCUT2D eigenvalue weighted by Crippen LogP contribution is 2.43. The van der Waals surface area contributed by atoms with Crippen LogP contribution < -0.4 is 15.4 Å². The third-order valence-electron chi connectivity index (χ3n) is 5.63. The van der Waals surface area contributed by atoms with Gasteiger partial charge < -0.3 is 15.4 Å². The molecule has 0 radical (unpaired) electrons. The van der Waals surface area contributed by atoms with Crippen molar-refractivity contribution in [2.45, 2.75) is 44.3 Å². The molecule has 3 aromatic heterocycles. The van der Waals surface area contributed by atoms with Gasteiger partial charge in [-0.2, -0.15) is 5.10 Å². The largest absolute Gasteiger partial charge is 0.495 e. The van der Waals surface area contributed by atoms with Crippen molar-refractivity contribution >= 4 is 11.5 Å². The van der Waals surface area contributed by atoms with Crippen LogP contribution in [0.1, 0.15) is 36.4 Å². The molecule has 0 unspecified atom stereocenters. The van der Waals surface area contributed by atoms with E-state index >= 15 is 0 Å². The maximum Gasteiger partial charge on any atom is 0.157 e. The summed E-state index contributed by atoms with van der Waals surface area (Å²) in [7, 11) is 1.67. The minimum Gasteiger partial charge on any atom is -0.495 e. The number of anilines is 1. The maximum atomic E-state index is 14.2. The molecular weight excluding hydrogens is 371 g/mol. The summed E-state index contributed by atoms with van der Waals surface area (Å²) in [6.07, 6.45) is 3.68. The number of aryl methyl sites for hydroxylation is 1. The molecule has 0 amide bonds. The highest BCUT2D eigenvalue weighted by atomic mass is 19.1. The van der Waals surface area contributed by atoms with Crippen molar-refractivity contribution in [1.29, 1.82) is 0 Å². The Bertz CT molecular complexity index is 1050. The average molecular weight is 396 g/mol. The Morgan fingerprint density at radius 2 is 2.10 bits per heavy atom. The lowest BCUT2D eigenvalue weighted by molar-refractivity contribution is 0.241. The second-order valence-corrected chi connectivity index (χ2v) is 7.96. The van der Waals surface area contributed by atoms with Gasteiger partial charge in [0.25, 0.3) is 0 Å². The number of nitrogens with zero attached hydrogens (tertiary/aromatic N) is 4. The van der Waals surface area contributed by atoms with Gasteiger partial charge in [0, 0.05) is 18.5 Å². The van der Waals surface area contributed by atoms with Crippen molar-refractivity contribution in [3.05, 3.63) is 35.7 Å². The first-order valence-corrected chi connectivity index (χ1v) is 10.2. The molecule has 29 heavy (non-hydrogen) atoms. The molecule has 4 heterocycles. The lowest BCUT2D eigenvalue weighted by atomic mass is 10.1. The Morgan fingerprint density at radius 1 is 1.24 bits per heavy atom. The van der Waals surface area contributed by atoms with E-state index in [4.69, 9.17) is 14.8 Å². The maximum absolute atomic E-state index is 14.2. The Morgan fingerprint density at radius 3 is 2.86 bits per heavy atom. The van der Waals surface area contributed by atoms with Gasteiger partial charge >= 0.3 is 0 Å². The van der Waals surface area contributed by atoms with E-state index < -0.39 is 6.17 Å². The lowest BCUT2D eigenvalue weighted by Crippen LogP contribution is -2.46. The standard InChI is InChI=1S/C21H25FN6O/c1-12-7-15(25-19(8-12)26-16-10-23-6-5-14(16)22)17-11-24-20-9-18(29-2)21(13-3-4-13)27-28(17)20/h7-9,11,13-14,16,23H,3-6,10H2,1-2H3,(H,25,26)/t14-,16-/m0/s1. The third-order valence-corrected chi connectivity index (χ3v) is 5.63. The number of nitrogens with one attached hydrogen (secondary N) is 2. The number of methoxy groups -OCH3 is 1. The molecule has 0 aromatic carbocycles. The van der Waals surface area contributed by atoms with Gasteiger partial charge in [-0.25, -0.2) is 18.9 Å². The van der Waals surface area contributed by atoms with E-state index in [0.717, 1.165) is 46.9 Å². The van der Waals surface area contributed by atoms with E-state index in [0.29, 0.717) is 31.2 Å². The minimum atomic E-state index is -0.881. The van der Waals surface area contributed by atoms with Crippen molar-refractivity contribution in [3.8, 4) is 17.1 Å². The molecule has 0 spiro atoms. The molecule has 0 bridgehead atoms. The predicted octanol–water partition coefficient (Wildman–Crippen LogP) is 3.10. The number of hydrogen-bond acceptors (Lipinski definition) is 6. The third kappa shape index (κ3) is 3.53. The van der Waals surface area contributed by atoms with Crippen LogP contribution in [0, 0.1) is 6.92 Å². The van der Waals surface area contributed by atoms with E-state index in [1.807, 2.05) is 29.6 Å². The van der Waals surface area contributed by atoms with Crippen LogP contribution in [-0.2, 0) is 0 Å². The summed E-state index contributed by atoms with van der Waals surface area (Å²) in [6, 6.07) is 5.60. The monoisotopic (exact) mass is 396 g/mol. The Hall–Kier alpha value is -2.74. The summed E-state index contributed by atoms with van der Waals surface area (Å²) in [5.41, 5.74) is 4.31. The zero-order valence-corrected chi connectivity index (χ0v) is 16.7. The first-order chi connectivity index (χ1) is 14.1. The lowest BCUT2D eigenvalue weighted by Gasteiger charge is -2.28. The molecule has 2 N–H and O–H groups in total. The molecule has 3 aromatic rings. The van der Waals surface area contributed by atoms with Crippen LogP contribution in [-0.4, -0.2) is 52.0 Å². The number of fused-ring (bicyclic) bond motifs is 1.